The molecule has 2 rings (SSSR count). The molecule has 0 aliphatic heterocycles. The molecule has 1 amide bonds. The van der Waals surface area contributed by atoms with Gasteiger partial charge in [0.2, 0.25) is 0 Å². The van der Waals surface area contributed by atoms with Crippen molar-refractivity contribution in [3.8, 4) is 0 Å². The summed E-state index contributed by atoms with van der Waals surface area (Å²) >= 11 is 6.01. The van der Waals surface area contributed by atoms with E-state index in [4.69, 9.17) is 11.6 Å². The highest BCUT2D eigenvalue weighted by molar-refractivity contribution is 6.30. The van der Waals surface area contributed by atoms with Crippen LogP contribution in [0.25, 0.3) is 0 Å². The lowest BCUT2D eigenvalue weighted by Gasteiger charge is -2.25. The lowest BCUT2D eigenvalue weighted by atomic mass is 10.1. The van der Waals surface area contributed by atoms with E-state index in [1.54, 1.807) is 25.1 Å². The second kappa shape index (κ2) is 6.59. The largest absolute Gasteiger partial charge is 0.373 e. The van der Waals surface area contributed by atoms with Gasteiger partial charge < -0.3 is 10.2 Å². The number of pyridine rings is 1. The van der Waals surface area contributed by atoms with Crippen LogP contribution in [0.2, 0.25) is 5.02 Å². The zero-order chi connectivity index (χ0) is 15.4. The molecule has 1 heterocycles. The zero-order valence-corrected chi connectivity index (χ0v) is 13.1. The number of nitrogens with one attached hydrogen (secondary N) is 1. The van der Waals surface area contributed by atoms with Gasteiger partial charge in [0.15, 0.2) is 0 Å². The maximum Gasteiger partial charge on any atom is 0.272 e. The van der Waals surface area contributed by atoms with Gasteiger partial charge in [-0.05, 0) is 36.8 Å². The number of carbonyl (C=O) groups is 1. The van der Waals surface area contributed by atoms with E-state index in [9.17, 15) is 4.79 Å². The molecule has 2 aromatic rings. The van der Waals surface area contributed by atoms with E-state index < -0.39 is 0 Å². The van der Waals surface area contributed by atoms with Crippen LogP contribution in [0.5, 0.6) is 0 Å². The Balaban J connectivity index is 2.22. The second-order valence-corrected chi connectivity index (χ2v) is 5.24. The summed E-state index contributed by atoms with van der Waals surface area (Å²) in [6.07, 6.45) is 0. The van der Waals surface area contributed by atoms with Crippen LogP contribution < -0.4 is 5.32 Å². The number of hydrogen-bond donors (Lipinski definition) is 1. The number of benzene rings is 1. The Labute approximate surface area is 129 Å². The van der Waals surface area contributed by atoms with Gasteiger partial charge in [0.25, 0.3) is 5.91 Å². The molecule has 4 nitrogen and oxygen atoms in total. The summed E-state index contributed by atoms with van der Waals surface area (Å²) in [7, 11) is 3.54. The lowest BCUT2D eigenvalue weighted by Crippen LogP contribution is -2.30. The zero-order valence-electron chi connectivity index (χ0n) is 12.3. The summed E-state index contributed by atoms with van der Waals surface area (Å²) in [4.78, 5) is 18.5. The summed E-state index contributed by atoms with van der Waals surface area (Å²) in [5, 5.41) is 3.59. The fraction of sp³-hybridized carbons (Fsp3) is 0.250. The molecule has 0 saturated carbocycles. The van der Waals surface area contributed by atoms with Crippen LogP contribution in [-0.2, 0) is 0 Å². The molecular formula is C16H18ClN3O. The van der Waals surface area contributed by atoms with Gasteiger partial charge in [-0.1, -0.05) is 29.8 Å². The smallest absolute Gasteiger partial charge is 0.272 e. The Morgan fingerprint density at radius 3 is 2.67 bits per heavy atom. The lowest BCUT2D eigenvalue weighted by molar-refractivity contribution is 0.0737. The molecule has 5 heteroatoms. The van der Waals surface area contributed by atoms with Crippen molar-refractivity contribution < 1.29 is 4.79 Å². The Kier molecular flexibility index (Phi) is 4.81. The molecule has 0 saturated heterocycles. The van der Waals surface area contributed by atoms with Gasteiger partial charge >= 0.3 is 0 Å². The Bertz CT molecular complexity index is 645. The van der Waals surface area contributed by atoms with Crippen LogP contribution >= 0.6 is 11.6 Å². The molecule has 1 atom stereocenters. The normalized spacial score (nSPS) is 11.8. The van der Waals surface area contributed by atoms with Gasteiger partial charge in [-0.3, -0.25) is 4.79 Å². The number of carbonyl (C=O) groups excluding carboxylic acids is 1. The van der Waals surface area contributed by atoms with Crippen molar-refractivity contribution in [2.45, 2.75) is 13.0 Å². The van der Waals surface area contributed by atoms with Crippen molar-refractivity contribution in [2.24, 2.45) is 0 Å². The van der Waals surface area contributed by atoms with Gasteiger partial charge in [-0.2, -0.15) is 0 Å². The first-order chi connectivity index (χ1) is 10.0. The summed E-state index contributed by atoms with van der Waals surface area (Å²) < 4.78 is 0. The van der Waals surface area contributed by atoms with E-state index >= 15 is 0 Å². The number of anilines is 1. The van der Waals surface area contributed by atoms with E-state index in [0.717, 1.165) is 5.56 Å². The third-order valence-electron chi connectivity index (χ3n) is 3.46. The Morgan fingerprint density at radius 2 is 2.00 bits per heavy atom. The Hall–Kier alpha value is -2.07. The average Bonchev–Trinajstić information content (AvgIpc) is 2.52. The van der Waals surface area contributed by atoms with E-state index in [0.29, 0.717) is 16.5 Å². The minimum Gasteiger partial charge on any atom is -0.373 e. The first-order valence-corrected chi connectivity index (χ1v) is 7.08. The first kappa shape index (κ1) is 15.3. The fourth-order valence-electron chi connectivity index (χ4n) is 2.04. The quantitative estimate of drug-likeness (QED) is 0.938. The maximum atomic E-state index is 12.5. The highest BCUT2D eigenvalue weighted by Crippen LogP contribution is 2.23. The third kappa shape index (κ3) is 3.52. The topological polar surface area (TPSA) is 45.2 Å². The summed E-state index contributed by atoms with van der Waals surface area (Å²) in [5.74, 6) is 0.546. The molecular weight excluding hydrogens is 286 g/mol. The highest BCUT2D eigenvalue weighted by atomic mass is 35.5. The van der Waals surface area contributed by atoms with Crippen LogP contribution in [-0.4, -0.2) is 29.9 Å². The van der Waals surface area contributed by atoms with Gasteiger partial charge in [-0.15, -0.1) is 0 Å². The maximum absolute atomic E-state index is 12.5. The summed E-state index contributed by atoms with van der Waals surface area (Å²) in [6.45, 7) is 1.96. The molecule has 1 aromatic carbocycles. The molecule has 110 valence electrons. The van der Waals surface area contributed by atoms with E-state index in [1.165, 1.54) is 0 Å². The second-order valence-electron chi connectivity index (χ2n) is 4.81. The number of hydrogen-bond acceptors (Lipinski definition) is 3. The number of halogens is 1. The number of aromatic nitrogens is 1. The average molecular weight is 304 g/mol. The van der Waals surface area contributed by atoms with Gasteiger partial charge in [0.05, 0.1) is 6.04 Å². The number of rotatable bonds is 4. The van der Waals surface area contributed by atoms with Crippen LogP contribution in [0.15, 0.2) is 42.5 Å². The predicted molar refractivity (Wildman–Crippen MR) is 85.7 cm³/mol. The Morgan fingerprint density at radius 1 is 1.29 bits per heavy atom. The van der Waals surface area contributed by atoms with Gasteiger partial charge in [0.1, 0.15) is 11.5 Å². The fourth-order valence-corrected chi connectivity index (χ4v) is 2.24. The van der Waals surface area contributed by atoms with Crippen molar-refractivity contribution >= 4 is 23.3 Å². The van der Waals surface area contributed by atoms with Crippen LogP contribution in [0, 0.1) is 0 Å². The highest BCUT2D eigenvalue weighted by Gasteiger charge is 2.20. The SMILES string of the molecule is CNc1cccc(C(=O)N(C)C(C)c2cccc(Cl)c2)n1. The first-order valence-electron chi connectivity index (χ1n) is 6.70. The molecule has 0 fully saturated rings. The van der Waals surface area contributed by atoms with E-state index in [2.05, 4.69) is 10.3 Å². The number of amides is 1. The molecule has 0 spiro atoms. The molecule has 0 radical (unpaired) electrons. The third-order valence-corrected chi connectivity index (χ3v) is 3.69. The van der Waals surface area contributed by atoms with Crippen molar-refractivity contribution in [3.63, 3.8) is 0 Å². The molecule has 1 N–H and O–H groups in total. The van der Waals surface area contributed by atoms with E-state index in [1.807, 2.05) is 43.3 Å². The predicted octanol–water partition coefficient (Wildman–Crippen LogP) is 3.61. The van der Waals surface area contributed by atoms with Crippen LogP contribution in [0.1, 0.15) is 29.0 Å². The molecule has 21 heavy (non-hydrogen) atoms. The minimum atomic E-state index is -0.125. The molecule has 1 aromatic heterocycles. The monoisotopic (exact) mass is 303 g/mol. The van der Waals surface area contributed by atoms with Gasteiger partial charge in [0, 0.05) is 19.1 Å². The van der Waals surface area contributed by atoms with E-state index in [-0.39, 0.29) is 11.9 Å². The van der Waals surface area contributed by atoms with Crippen molar-refractivity contribution in [1.29, 1.82) is 0 Å². The minimum absolute atomic E-state index is 0.0868. The van der Waals surface area contributed by atoms with Crippen molar-refractivity contribution in [1.82, 2.24) is 9.88 Å². The summed E-state index contributed by atoms with van der Waals surface area (Å²) in [6, 6.07) is 12.8. The standard InChI is InChI=1S/C16H18ClN3O/c1-11(12-6-4-7-13(17)10-12)20(3)16(21)14-8-5-9-15(18-2)19-14/h4-11H,1-3H3,(H,18,19). The van der Waals surface area contributed by atoms with Crippen molar-refractivity contribution in [2.75, 3.05) is 19.4 Å². The molecule has 0 bridgehead atoms. The molecule has 0 aliphatic carbocycles. The van der Waals surface area contributed by atoms with Gasteiger partial charge in [-0.25, -0.2) is 4.98 Å². The van der Waals surface area contributed by atoms with Crippen molar-refractivity contribution in [3.05, 3.63) is 58.7 Å². The summed E-state index contributed by atoms with van der Waals surface area (Å²) in [5.41, 5.74) is 1.40. The number of nitrogens with zero attached hydrogens (tertiary/aromatic N) is 2. The van der Waals surface area contributed by atoms with Crippen LogP contribution in [0.4, 0.5) is 5.82 Å². The molecule has 1 unspecified atom stereocenters. The molecule has 0 aliphatic rings. The van der Waals surface area contributed by atoms with Crippen LogP contribution in [0.3, 0.4) is 0 Å².